The Labute approximate surface area is 316 Å². The van der Waals surface area contributed by atoms with Crippen molar-refractivity contribution in [1.29, 1.82) is 0 Å². The fourth-order valence-electron chi connectivity index (χ4n) is 7.34. The number of hydrogen-bond acceptors (Lipinski definition) is 4. The van der Waals surface area contributed by atoms with Gasteiger partial charge in [-0.1, -0.05) is 181 Å². The number of allylic oxidation sites excluding steroid dienone is 1. The molecule has 0 fully saturated rings. The molecule has 0 aliphatic heterocycles. The summed E-state index contributed by atoms with van der Waals surface area (Å²) in [5.41, 5.74) is 1.06. The second kappa shape index (κ2) is 15.3. The molecule has 0 unspecified atom stereocenters. The zero-order valence-corrected chi connectivity index (χ0v) is 33.4. The Morgan fingerprint density at radius 3 is 1.23 bits per heavy atom. The minimum absolute atomic E-state index is 0.121. The molecule has 0 atom stereocenters. The Morgan fingerprint density at radius 1 is 0.509 bits per heavy atom. The Bertz CT molecular complexity index is 2070. The molecule has 4 nitrogen and oxygen atoms in total. The molecule has 0 radical (unpaired) electrons. The van der Waals surface area contributed by atoms with Crippen molar-refractivity contribution in [3.63, 3.8) is 0 Å². The first-order chi connectivity index (χ1) is 25.3. The molecule has 0 aromatic heterocycles. The fourth-order valence-corrected chi connectivity index (χ4v) is 16.2. The quantitative estimate of drug-likeness (QED) is 0.0821. The minimum atomic E-state index is -2.90. The maximum atomic E-state index is 13.4. The number of benzene rings is 6. The molecule has 0 saturated carbocycles. The monoisotopic (exact) mass is 732 g/mol. The van der Waals surface area contributed by atoms with E-state index in [0.29, 0.717) is 5.75 Å². The number of carbonyl (C=O) groups excluding carboxylic acids is 1. The lowest BCUT2D eigenvalue weighted by Crippen LogP contribution is -2.68. The van der Waals surface area contributed by atoms with Gasteiger partial charge < -0.3 is 14.0 Å². The Balaban J connectivity index is 1.24. The van der Waals surface area contributed by atoms with E-state index in [1.165, 1.54) is 16.4 Å². The number of rotatable bonds is 11. The van der Waals surface area contributed by atoms with E-state index < -0.39 is 16.6 Å². The summed E-state index contributed by atoms with van der Waals surface area (Å²) in [7, 11) is -5.68. The zero-order valence-electron chi connectivity index (χ0n) is 31.4. The molecule has 0 aliphatic rings. The number of carbonyl (C=O) groups is 1. The second-order valence-electron chi connectivity index (χ2n) is 15.5. The third-order valence-corrected chi connectivity index (χ3v) is 19.8. The van der Waals surface area contributed by atoms with Crippen molar-refractivity contribution in [2.75, 3.05) is 0 Å². The molecule has 0 saturated heterocycles. The van der Waals surface area contributed by atoms with Crippen LogP contribution in [0.5, 0.6) is 17.2 Å². The summed E-state index contributed by atoms with van der Waals surface area (Å²) < 4.78 is 14.2. The molecular weight excluding hydrogens is 685 g/mol. The SMILES string of the molecule is CC(C)(C)[Si](Oc1ccc(/C=C/C(=O)c2ccc(O[Si](c3ccccc3)(c3ccccc3)C(C)(C)C)cc2O)cc1)(c1ccccc1)c1ccccc1. The van der Waals surface area contributed by atoms with Gasteiger partial charge >= 0.3 is 16.6 Å². The fraction of sp³-hybridized carbons (Fsp3) is 0.170. The normalized spacial score (nSPS) is 12.4. The van der Waals surface area contributed by atoms with Crippen LogP contribution in [-0.4, -0.2) is 27.5 Å². The van der Waals surface area contributed by atoms with Gasteiger partial charge in [0.25, 0.3) is 0 Å². The first kappa shape index (κ1) is 37.3. The smallest absolute Gasteiger partial charge is 0.319 e. The average molecular weight is 733 g/mol. The first-order valence-electron chi connectivity index (χ1n) is 18.1. The van der Waals surface area contributed by atoms with E-state index in [1.54, 1.807) is 24.3 Å². The van der Waals surface area contributed by atoms with E-state index in [4.69, 9.17) is 8.85 Å². The van der Waals surface area contributed by atoms with Crippen molar-refractivity contribution in [3.05, 3.63) is 181 Å². The molecular formula is C47H48O4Si2. The zero-order chi connectivity index (χ0) is 37.7. The molecule has 0 aliphatic carbocycles. The third-order valence-electron chi connectivity index (χ3n) is 9.92. The molecule has 0 spiro atoms. The second-order valence-corrected chi connectivity index (χ2v) is 23.9. The van der Waals surface area contributed by atoms with Crippen molar-refractivity contribution in [1.82, 2.24) is 0 Å². The number of ketones is 1. The van der Waals surface area contributed by atoms with Crippen LogP contribution in [0.2, 0.25) is 10.1 Å². The summed E-state index contributed by atoms with van der Waals surface area (Å²) >= 11 is 0. The van der Waals surface area contributed by atoms with E-state index in [-0.39, 0.29) is 27.2 Å². The summed E-state index contributed by atoms with van der Waals surface area (Å²) in [6.45, 7) is 13.4. The summed E-state index contributed by atoms with van der Waals surface area (Å²) in [5, 5.41) is 15.4. The van der Waals surface area contributed by atoms with Crippen LogP contribution in [-0.2, 0) is 0 Å². The van der Waals surface area contributed by atoms with Crippen molar-refractivity contribution in [3.8, 4) is 17.2 Å². The summed E-state index contributed by atoms with van der Waals surface area (Å²) in [5.74, 6) is 0.877. The first-order valence-corrected chi connectivity index (χ1v) is 21.9. The predicted octanol–water partition coefficient (Wildman–Crippen LogP) is 9.17. The van der Waals surface area contributed by atoms with Crippen LogP contribution in [0.1, 0.15) is 57.5 Å². The topological polar surface area (TPSA) is 55.8 Å². The highest BCUT2D eigenvalue weighted by molar-refractivity contribution is 7.00. The van der Waals surface area contributed by atoms with Crippen LogP contribution >= 0.6 is 0 Å². The van der Waals surface area contributed by atoms with Gasteiger partial charge in [0.05, 0.1) is 5.56 Å². The maximum Gasteiger partial charge on any atom is 0.319 e. The van der Waals surface area contributed by atoms with E-state index in [1.807, 2.05) is 72.8 Å². The molecule has 53 heavy (non-hydrogen) atoms. The molecule has 1 N–H and O–H groups in total. The largest absolute Gasteiger partial charge is 0.534 e. The van der Waals surface area contributed by atoms with Gasteiger partial charge in [-0.25, -0.2) is 0 Å². The summed E-state index contributed by atoms with van der Waals surface area (Å²) in [6.07, 6.45) is 3.26. The van der Waals surface area contributed by atoms with Gasteiger partial charge in [0.2, 0.25) is 0 Å². The minimum Gasteiger partial charge on any atom is -0.534 e. The van der Waals surface area contributed by atoms with E-state index in [9.17, 15) is 9.90 Å². The van der Waals surface area contributed by atoms with Gasteiger partial charge in [-0.05, 0) is 66.7 Å². The lowest BCUT2D eigenvalue weighted by molar-refractivity contribution is 0.104. The highest BCUT2D eigenvalue weighted by Gasteiger charge is 2.53. The predicted molar refractivity (Wildman–Crippen MR) is 224 cm³/mol. The number of phenols is 1. The molecule has 268 valence electrons. The molecule has 0 heterocycles. The van der Waals surface area contributed by atoms with Crippen molar-refractivity contribution in [2.24, 2.45) is 0 Å². The third kappa shape index (κ3) is 7.56. The summed E-state index contributed by atoms with van der Waals surface area (Å²) in [6, 6.07) is 54.6. The van der Waals surface area contributed by atoms with Crippen LogP contribution in [0.15, 0.2) is 170 Å². The Hall–Kier alpha value is -5.44. The lowest BCUT2D eigenvalue weighted by atomic mass is 10.1. The lowest BCUT2D eigenvalue weighted by Gasteiger charge is -2.43. The molecule has 0 amide bonds. The van der Waals surface area contributed by atoms with Gasteiger partial charge in [-0.3, -0.25) is 4.79 Å². The Morgan fingerprint density at radius 2 is 0.868 bits per heavy atom. The van der Waals surface area contributed by atoms with E-state index >= 15 is 0 Å². The van der Waals surface area contributed by atoms with Gasteiger partial charge in [0.15, 0.2) is 5.78 Å². The average Bonchev–Trinajstić information content (AvgIpc) is 3.16. The molecule has 6 heteroatoms. The standard InChI is InChI=1S/C47H48O4Si2/c1-46(2,3)52(39-19-11-7-12-20-39,40-21-13-8-14-22-40)50-37-30-27-36(28-31-37)29-34-44(48)43-33-32-38(35-45(43)49)51-53(47(4,5)6,41-23-15-9-16-24-41)42-25-17-10-18-26-42/h7-35,49H,1-6H3/b34-29+. The van der Waals surface area contributed by atoms with Crippen molar-refractivity contribution < 1.29 is 18.8 Å². The molecule has 6 aromatic rings. The van der Waals surface area contributed by atoms with Crippen LogP contribution in [0.25, 0.3) is 6.08 Å². The van der Waals surface area contributed by atoms with Crippen LogP contribution in [0.3, 0.4) is 0 Å². The number of aromatic hydroxyl groups is 1. The maximum absolute atomic E-state index is 13.4. The molecule has 6 aromatic carbocycles. The van der Waals surface area contributed by atoms with Crippen LogP contribution < -0.4 is 29.6 Å². The van der Waals surface area contributed by atoms with Crippen LogP contribution in [0.4, 0.5) is 0 Å². The van der Waals surface area contributed by atoms with E-state index in [0.717, 1.165) is 21.7 Å². The molecule has 0 bridgehead atoms. The van der Waals surface area contributed by atoms with Gasteiger partial charge in [-0.2, -0.15) is 0 Å². The Kier molecular flexibility index (Phi) is 10.8. The van der Waals surface area contributed by atoms with Gasteiger partial charge in [0, 0.05) is 6.07 Å². The van der Waals surface area contributed by atoms with Crippen molar-refractivity contribution >= 4 is 49.2 Å². The highest BCUT2D eigenvalue weighted by Crippen LogP contribution is 2.39. The number of phenolic OH excluding ortho intramolecular Hbond substituents is 1. The van der Waals surface area contributed by atoms with E-state index in [2.05, 4.69) is 114 Å². The van der Waals surface area contributed by atoms with Gasteiger partial charge in [-0.15, -0.1) is 0 Å². The molecule has 6 rings (SSSR count). The summed E-state index contributed by atoms with van der Waals surface area (Å²) in [4.78, 5) is 13.4. The van der Waals surface area contributed by atoms with Gasteiger partial charge in [0.1, 0.15) is 17.2 Å². The van der Waals surface area contributed by atoms with Crippen LogP contribution in [0, 0.1) is 0 Å². The van der Waals surface area contributed by atoms with Crippen molar-refractivity contribution in [2.45, 2.75) is 51.6 Å². The number of hydrogen-bond donors (Lipinski definition) is 1. The highest BCUT2D eigenvalue weighted by atomic mass is 28.4.